The van der Waals surface area contributed by atoms with E-state index in [1.54, 1.807) is 24.3 Å². The first-order chi connectivity index (χ1) is 10.8. The van der Waals surface area contributed by atoms with Crippen molar-refractivity contribution in [1.29, 1.82) is 0 Å². The number of hydrogen-bond acceptors (Lipinski definition) is 3. The Balaban J connectivity index is 1.86. The predicted octanol–water partition coefficient (Wildman–Crippen LogP) is 2.43. The zero-order valence-electron chi connectivity index (χ0n) is 12.6. The van der Waals surface area contributed by atoms with Gasteiger partial charge in [0.1, 0.15) is 5.75 Å². The molecule has 0 aromatic heterocycles. The molecule has 1 aromatic rings. The molecule has 0 radical (unpaired) electrons. The van der Waals surface area contributed by atoms with E-state index in [0.717, 1.165) is 24.8 Å². The van der Waals surface area contributed by atoms with E-state index in [1.807, 2.05) is 6.07 Å². The van der Waals surface area contributed by atoms with Crippen molar-refractivity contribution in [3.8, 4) is 5.75 Å². The van der Waals surface area contributed by atoms with Crippen LogP contribution in [0.15, 0.2) is 48.2 Å². The maximum Gasteiger partial charge on any atom is 0.427 e. The van der Waals surface area contributed by atoms with Crippen molar-refractivity contribution in [2.24, 2.45) is 5.92 Å². The predicted molar refractivity (Wildman–Crippen MR) is 86.6 cm³/mol. The number of unbranched alkanes of at least 4 members (excludes halogenated alkanes) is 1. The lowest BCUT2D eigenvalue weighted by molar-refractivity contribution is -0.110. The number of benzene rings is 1. The van der Waals surface area contributed by atoms with Crippen molar-refractivity contribution in [1.82, 2.24) is 5.09 Å². The molecule has 23 heavy (non-hydrogen) atoms. The topological polar surface area (TPSA) is 107 Å². The van der Waals surface area contributed by atoms with Crippen LogP contribution in [-0.2, 0) is 15.8 Å². The van der Waals surface area contributed by atoms with Gasteiger partial charge < -0.3 is 14.9 Å². The summed E-state index contributed by atoms with van der Waals surface area (Å²) < 4.78 is 11.1. The Morgan fingerprint density at radius 1 is 1.22 bits per heavy atom. The van der Waals surface area contributed by atoms with Gasteiger partial charge in [0, 0.05) is 17.7 Å². The minimum Gasteiger partial charge on any atom is -0.508 e. The zero-order valence-corrected chi connectivity index (χ0v) is 13.4. The van der Waals surface area contributed by atoms with Crippen LogP contribution in [0.1, 0.15) is 24.8 Å². The Hall–Kier alpha value is -1.88. The van der Waals surface area contributed by atoms with Gasteiger partial charge >= 0.3 is 7.75 Å². The molecule has 6 nitrogen and oxygen atoms in total. The van der Waals surface area contributed by atoms with Crippen molar-refractivity contribution >= 4 is 13.5 Å². The molecule has 0 aliphatic heterocycles. The number of allylic oxidation sites excluding steroid dienone is 3. The van der Waals surface area contributed by atoms with Gasteiger partial charge in [-0.3, -0.25) is 9.88 Å². The molecular formula is C16H20NO5P. The first kappa shape index (κ1) is 17.5. The van der Waals surface area contributed by atoms with Crippen LogP contribution in [-0.4, -0.2) is 20.7 Å². The minimum atomic E-state index is -4.42. The van der Waals surface area contributed by atoms with Gasteiger partial charge in [0.05, 0.1) is 0 Å². The third-order valence-corrected chi connectivity index (χ3v) is 4.16. The van der Waals surface area contributed by atoms with Crippen LogP contribution in [0.2, 0.25) is 0 Å². The van der Waals surface area contributed by atoms with Crippen LogP contribution in [0.4, 0.5) is 0 Å². The van der Waals surface area contributed by atoms with E-state index in [2.05, 4.69) is 5.09 Å². The van der Waals surface area contributed by atoms with Gasteiger partial charge in [0.2, 0.25) is 0 Å². The number of carbonyl (C=O) groups excluding carboxylic acids is 1. The summed E-state index contributed by atoms with van der Waals surface area (Å²) in [6.45, 7) is 0. The first-order valence-corrected chi connectivity index (χ1v) is 9.00. The fourth-order valence-electron chi connectivity index (χ4n) is 2.56. The van der Waals surface area contributed by atoms with E-state index in [1.165, 1.54) is 12.2 Å². The monoisotopic (exact) mass is 337 g/mol. The molecule has 7 heteroatoms. The quantitative estimate of drug-likeness (QED) is 0.450. The summed E-state index contributed by atoms with van der Waals surface area (Å²) in [4.78, 5) is 29.4. The third kappa shape index (κ3) is 6.02. The molecule has 0 spiro atoms. The summed E-state index contributed by atoms with van der Waals surface area (Å²) in [6, 6.07) is 7.09. The SMILES string of the molecule is O=C1C=CC(CCCCc2cccc(O)c2)C(NP(=O)(O)O)=C1. The maximum absolute atomic E-state index is 11.4. The highest BCUT2D eigenvalue weighted by molar-refractivity contribution is 7.49. The molecule has 124 valence electrons. The largest absolute Gasteiger partial charge is 0.508 e. The Bertz CT molecular complexity index is 677. The fourth-order valence-corrected chi connectivity index (χ4v) is 3.13. The summed E-state index contributed by atoms with van der Waals surface area (Å²) >= 11 is 0. The van der Waals surface area contributed by atoms with Crippen molar-refractivity contribution in [2.75, 3.05) is 0 Å². The second-order valence-electron chi connectivity index (χ2n) is 5.54. The van der Waals surface area contributed by atoms with Crippen molar-refractivity contribution in [3.05, 3.63) is 53.8 Å². The number of ketones is 1. The second kappa shape index (κ2) is 7.59. The van der Waals surface area contributed by atoms with Crippen molar-refractivity contribution in [3.63, 3.8) is 0 Å². The molecule has 1 aromatic carbocycles. The molecule has 1 atom stereocenters. The summed E-state index contributed by atoms with van der Waals surface area (Å²) in [5.74, 6) is -0.242. The van der Waals surface area contributed by atoms with E-state index in [4.69, 9.17) is 9.79 Å². The Morgan fingerprint density at radius 2 is 2.00 bits per heavy atom. The molecule has 2 rings (SSSR count). The van der Waals surface area contributed by atoms with Crippen LogP contribution in [0.5, 0.6) is 5.75 Å². The van der Waals surface area contributed by atoms with Crippen LogP contribution < -0.4 is 5.09 Å². The third-order valence-electron chi connectivity index (χ3n) is 3.61. The number of aromatic hydroxyl groups is 1. The normalized spacial score (nSPS) is 17.9. The van der Waals surface area contributed by atoms with Crippen LogP contribution in [0.3, 0.4) is 0 Å². The molecule has 4 N–H and O–H groups in total. The van der Waals surface area contributed by atoms with Gasteiger partial charge in [-0.1, -0.05) is 24.6 Å². The molecule has 0 saturated carbocycles. The number of hydrogen-bond donors (Lipinski definition) is 4. The highest BCUT2D eigenvalue weighted by atomic mass is 31.2. The molecular weight excluding hydrogens is 317 g/mol. The van der Waals surface area contributed by atoms with E-state index in [-0.39, 0.29) is 23.1 Å². The molecule has 0 bridgehead atoms. The average Bonchev–Trinajstić information content (AvgIpc) is 2.44. The zero-order chi connectivity index (χ0) is 16.9. The molecule has 0 heterocycles. The number of carbonyl (C=O) groups is 1. The Morgan fingerprint density at radius 3 is 2.70 bits per heavy atom. The fraction of sp³-hybridized carbons (Fsp3) is 0.312. The summed E-state index contributed by atoms with van der Waals surface area (Å²) in [7, 11) is -4.42. The van der Waals surface area contributed by atoms with E-state index in [0.29, 0.717) is 6.42 Å². The van der Waals surface area contributed by atoms with Gasteiger partial charge in [-0.25, -0.2) is 4.57 Å². The molecule has 0 saturated heterocycles. The van der Waals surface area contributed by atoms with Gasteiger partial charge in [-0.05, 0) is 43.0 Å². The van der Waals surface area contributed by atoms with E-state index in [9.17, 15) is 14.5 Å². The van der Waals surface area contributed by atoms with Gasteiger partial charge in [0.25, 0.3) is 0 Å². The molecule has 1 aliphatic rings. The van der Waals surface area contributed by atoms with Gasteiger partial charge in [0.15, 0.2) is 5.78 Å². The lowest BCUT2D eigenvalue weighted by Gasteiger charge is -2.21. The maximum atomic E-state index is 11.4. The van der Waals surface area contributed by atoms with Gasteiger partial charge in [-0.2, -0.15) is 0 Å². The standard InChI is InChI=1S/C16H20NO5P/c18-14-7-3-5-12(10-14)4-1-2-6-13-8-9-15(19)11-16(13)17-23(20,21)22/h3,5,7-11,13,18H,1-2,4,6H2,(H3,17,20,21,22). The molecule has 1 aliphatic carbocycles. The number of aryl methyl sites for hydroxylation is 1. The van der Waals surface area contributed by atoms with Gasteiger partial charge in [-0.15, -0.1) is 0 Å². The number of phenolic OH excluding ortho intramolecular Hbond substituents is 1. The average molecular weight is 337 g/mol. The summed E-state index contributed by atoms with van der Waals surface area (Å²) in [5.41, 5.74) is 1.31. The van der Waals surface area contributed by atoms with Crippen molar-refractivity contribution < 1.29 is 24.3 Å². The van der Waals surface area contributed by atoms with Crippen LogP contribution in [0.25, 0.3) is 0 Å². The summed E-state index contributed by atoms with van der Waals surface area (Å²) in [5, 5.41) is 11.5. The van der Waals surface area contributed by atoms with Crippen LogP contribution in [0, 0.1) is 5.92 Å². The van der Waals surface area contributed by atoms with Crippen LogP contribution >= 0.6 is 7.75 Å². The highest BCUT2D eigenvalue weighted by Crippen LogP contribution is 2.34. The molecule has 1 unspecified atom stereocenters. The molecule has 0 amide bonds. The lowest BCUT2D eigenvalue weighted by Crippen LogP contribution is -2.20. The minimum absolute atomic E-state index is 0.204. The smallest absolute Gasteiger partial charge is 0.427 e. The number of rotatable bonds is 7. The first-order valence-electron chi connectivity index (χ1n) is 7.39. The van der Waals surface area contributed by atoms with Crippen molar-refractivity contribution in [2.45, 2.75) is 25.7 Å². The number of phenols is 1. The van der Waals surface area contributed by atoms with E-state index >= 15 is 0 Å². The Kier molecular flexibility index (Phi) is 5.77. The number of nitrogens with one attached hydrogen (secondary N) is 1. The Labute approximate surface area is 134 Å². The second-order valence-corrected chi connectivity index (χ2v) is 6.85. The van der Waals surface area contributed by atoms with E-state index < -0.39 is 7.75 Å². The summed E-state index contributed by atoms with van der Waals surface area (Å²) in [6.07, 6.45) is 7.54. The highest BCUT2D eigenvalue weighted by Gasteiger charge is 2.22. The lowest BCUT2D eigenvalue weighted by atomic mass is 9.92. The molecule has 0 fully saturated rings.